The number of nitrogens with one attached hydrogen (secondary N) is 2. The van der Waals surface area contributed by atoms with Crippen LogP contribution in [0.5, 0.6) is 0 Å². The molecule has 2 unspecified atom stereocenters. The molecule has 1 aliphatic rings. The Labute approximate surface area is 199 Å². The number of carbonyl (C=O) groups is 1. The topological polar surface area (TPSA) is 76.8 Å². The van der Waals surface area contributed by atoms with E-state index in [-0.39, 0.29) is 17.8 Å². The number of halogens is 3. The second kappa shape index (κ2) is 8.94. The third kappa shape index (κ3) is 4.64. The van der Waals surface area contributed by atoms with Crippen LogP contribution in [0.25, 0.3) is 0 Å². The summed E-state index contributed by atoms with van der Waals surface area (Å²) in [4.78, 5) is 13.0. The first-order valence-electron chi connectivity index (χ1n) is 11.1. The van der Waals surface area contributed by atoms with Crippen molar-refractivity contribution < 1.29 is 18.0 Å². The van der Waals surface area contributed by atoms with Gasteiger partial charge in [0.15, 0.2) is 6.04 Å². The second-order valence-corrected chi connectivity index (χ2v) is 8.56. The van der Waals surface area contributed by atoms with Gasteiger partial charge < -0.3 is 10.6 Å². The Morgan fingerprint density at radius 2 is 1.83 bits per heavy atom. The first-order valence-corrected chi connectivity index (χ1v) is 11.1. The summed E-state index contributed by atoms with van der Waals surface area (Å²) >= 11 is 0. The summed E-state index contributed by atoms with van der Waals surface area (Å²) < 4.78 is 44.2. The lowest BCUT2D eigenvalue weighted by Gasteiger charge is -2.34. The molecule has 0 saturated carbocycles. The third-order valence-electron chi connectivity index (χ3n) is 6.17. The molecule has 2 aromatic carbocycles. The van der Waals surface area contributed by atoms with E-state index in [1.165, 1.54) is 12.4 Å². The van der Waals surface area contributed by atoms with Gasteiger partial charge in [-0.3, -0.25) is 9.48 Å². The highest BCUT2D eigenvalue weighted by molar-refractivity contribution is 6.07. The Balaban J connectivity index is 1.38. The van der Waals surface area contributed by atoms with Gasteiger partial charge in [0.25, 0.3) is 5.91 Å². The average molecular weight is 480 g/mol. The first-order chi connectivity index (χ1) is 16.8. The number of rotatable bonds is 5. The number of amides is 1. The smallest absolute Gasteiger partial charge is 0.363 e. The van der Waals surface area contributed by atoms with E-state index in [0.29, 0.717) is 17.8 Å². The maximum atomic E-state index is 13.9. The highest BCUT2D eigenvalue weighted by atomic mass is 19.4. The van der Waals surface area contributed by atoms with Gasteiger partial charge in [-0.15, -0.1) is 0 Å². The van der Waals surface area contributed by atoms with Crippen LogP contribution in [-0.4, -0.2) is 31.6 Å². The number of carbonyl (C=O) groups excluding carboxylic acids is 1. The number of anilines is 2. The molecule has 2 aromatic heterocycles. The van der Waals surface area contributed by atoms with Crippen LogP contribution in [0.1, 0.15) is 45.6 Å². The van der Waals surface area contributed by atoms with Crippen molar-refractivity contribution in [3.05, 3.63) is 95.4 Å². The van der Waals surface area contributed by atoms with Crippen molar-refractivity contribution in [2.45, 2.75) is 38.1 Å². The fourth-order valence-corrected chi connectivity index (χ4v) is 4.31. The van der Waals surface area contributed by atoms with Crippen LogP contribution in [0, 0.1) is 6.92 Å². The molecular weight excluding hydrogens is 457 g/mol. The van der Waals surface area contributed by atoms with E-state index in [1.54, 1.807) is 41.2 Å². The standard InChI is InChI=1S/C25H23F3N6O/c1-16-7-5-6-10-18(16)14-33-15-19(12-29-33)31-24(35)20-13-30-34-22(25(26,27)28)11-21(32-23(20)34)17-8-3-2-4-9-17/h2-10,12-13,15,21-22,32H,11,14H2,1H3,(H,31,35). The minimum atomic E-state index is -4.51. The van der Waals surface area contributed by atoms with E-state index in [0.717, 1.165) is 15.8 Å². The minimum absolute atomic E-state index is 0.0338. The van der Waals surface area contributed by atoms with E-state index in [4.69, 9.17) is 0 Å². The molecule has 0 fully saturated rings. The van der Waals surface area contributed by atoms with Crippen molar-refractivity contribution in [1.82, 2.24) is 19.6 Å². The SMILES string of the molecule is Cc1ccccc1Cn1cc(NC(=O)c2cnn3c2NC(c2ccccc2)CC3C(F)(F)F)cn1. The molecule has 0 saturated heterocycles. The number of benzene rings is 2. The summed E-state index contributed by atoms with van der Waals surface area (Å²) in [6, 6.07) is 14.3. The van der Waals surface area contributed by atoms with Gasteiger partial charge in [-0.2, -0.15) is 23.4 Å². The zero-order valence-electron chi connectivity index (χ0n) is 18.8. The summed E-state index contributed by atoms with van der Waals surface area (Å²) in [5.41, 5.74) is 3.39. The number of fused-ring (bicyclic) bond motifs is 1. The van der Waals surface area contributed by atoms with Crippen molar-refractivity contribution in [2.24, 2.45) is 0 Å². The predicted octanol–water partition coefficient (Wildman–Crippen LogP) is 5.35. The van der Waals surface area contributed by atoms with Crippen molar-refractivity contribution in [3.8, 4) is 0 Å². The summed E-state index contributed by atoms with van der Waals surface area (Å²) in [6.07, 6.45) is -0.388. The molecule has 0 radical (unpaired) electrons. The van der Waals surface area contributed by atoms with Crippen molar-refractivity contribution >= 4 is 17.4 Å². The van der Waals surface area contributed by atoms with Gasteiger partial charge in [-0.25, -0.2) is 4.68 Å². The predicted molar refractivity (Wildman–Crippen MR) is 125 cm³/mol. The molecule has 3 heterocycles. The molecule has 180 valence electrons. The Hall–Kier alpha value is -4.08. The van der Waals surface area contributed by atoms with Gasteiger partial charge in [0.2, 0.25) is 0 Å². The van der Waals surface area contributed by atoms with Gasteiger partial charge in [-0.05, 0) is 23.6 Å². The molecule has 4 aromatic rings. The lowest BCUT2D eigenvalue weighted by Crippen LogP contribution is -2.36. The fourth-order valence-electron chi connectivity index (χ4n) is 4.31. The monoisotopic (exact) mass is 480 g/mol. The lowest BCUT2D eigenvalue weighted by molar-refractivity contribution is -0.173. The van der Waals surface area contributed by atoms with E-state index in [9.17, 15) is 18.0 Å². The second-order valence-electron chi connectivity index (χ2n) is 8.56. The molecule has 1 aliphatic heterocycles. The molecule has 0 aliphatic carbocycles. The van der Waals surface area contributed by atoms with Gasteiger partial charge in [0, 0.05) is 12.6 Å². The van der Waals surface area contributed by atoms with E-state index in [2.05, 4.69) is 20.8 Å². The van der Waals surface area contributed by atoms with Crippen LogP contribution in [0.3, 0.4) is 0 Å². The molecule has 0 bridgehead atoms. The van der Waals surface area contributed by atoms with Crippen LogP contribution in [0.4, 0.5) is 24.7 Å². The van der Waals surface area contributed by atoms with Crippen molar-refractivity contribution in [3.63, 3.8) is 0 Å². The molecule has 7 nitrogen and oxygen atoms in total. The molecule has 5 rings (SSSR count). The van der Waals surface area contributed by atoms with Gasteiger partial charge in [-0.1, -0.05) is 54.6 Å². The Morgan fingerprint density at radius 3 is 2.57 bits per heavy atom. The minimum Gasteiger partial charge on any atom is -0.363 e. The Bertz CT molecular complexity index is 1340. The molecule has 35 heavy (non-hydrogen) atoms. The Morgan fingerprint density at radius 1 is 1.09 bits per heavy atom. The largest absolute Gasteiger partial charge is 0.410 e. The number of aromatic nitrogens is 4. The van der Waals surface area contributed by atoms with Crippen LogP contribution >= 0.6 is 0 Å². The van der Waals surface area contributed by atoms with Gasteiger partial charge in [0.1, 0.15) is 11.4 Å². The zero-order valence-corrected chi connectivity index (χ0v) is 18.8. The van der Waals surface area contributed by atoms with Crippen LogP contribution in [0.15, 0.2) is 73.2 Å². The number of aryl methyl sites for hydroxylation is 1. The molecule has 10 heteroatoms. The maximum absolute atomic E-state index is 13.9. The maximum Gasteiger partial charge on any atom is 0.410 e. The summed E-state index contributed by atoms with van der Waals surface area (Å²) in [6.45, 7) is 2.54. The fraction of sp³-hybridized carbons (Fsp3) is 0.240. The lowest BCUT2D eigenvalue weighted by atomic mass is 9.96. The van der Waals surface area contributed by atoms with Crippen molar-refractivity contribution in [2.75, 3.05) is 10.6 Å². The van der Waals surface area contributed by atoms with Crippen LogP contribution in [-0.2, 0) is 6.54 Å². The van der Waals surface area contributed by atoms with E-state index < -0.39 is 24.2 Å². The average Bonchev–Trinajstić information content (AvgIpc) is 3.46. The van der Waals surface area contributed by atoms with E-state index in [1.807, 2.05) is 31.2 Å². The molecular formula is C25H23F3N6O. The third-order valence-corrected chi connectivity index (χ3v) is 6.17. The highest BCUT2D eigenvalue weighted by Gasteiger charge is 2.47. The molecule has 2 atom stereocenters. The number of alkyl halides is 3. The van der Waals surface area contributed by atoms with Gasteiger partial charge in [0.05, 0.1) is 30.7 Å². The molecule has 0 spiro atoms. The molecule has 1 amide bonds. The number of hydrogen-bond acceptors (Lipinski definition) is 4. The quantitative estimate of drug-likeness (QED) is 0.404. The normalized spacial score (nSPS) is 17.5. The van der Waals surface area contributed by atoms with Crippen molar-refractivity contribution in [1.29, 1.82) is 0 Å². The zero-order chi connectivity index (χ0) is 24.6. The van der Waals surface area contributed by atoms with Gasteiger partial charge >= 0.3 is 6.18 Å². The number of hydrogen-bond donors (Lipinski definition) is 2. The highest BCUT2D eigenvalue weighted by Crippen LogP contribution is 2.44. The van der Waals surface area contributed by atoms with Crippen LogP contribution in [0.2, 0.25) is 0 Å². The number of nitrogens with zero attached hydrogens (tertiary/aromatic N) is 4. The van der Waals surface area contributed by atoms with E-state index >= 15 is 0 Å². The summed E-state index contributed by atoms with van der Waals surface area (Å²) in [7, 11) is 0. The Kier molecular flexibility index (Phi) is 5.80. The summed E-state index contributed by atoms with van der Waals surface area (Å²) in [5, 5.41) is 14.0. The summed E-state index contributed by atoms with van der Waals surface area (Å²) in [5.74, 6) is -0.527. The van der Waals surface area contributed by atoms with Crippen LogP contribution < -0.4 is 10.6 Å². The molecule has 2 N–H and O–H groups in total. The first kappa shape index (κ1) is 22.7.